The van der Waals surface area contributed by atoms with Gasteiger partial charge in [0.05, 0.1) is 5.92 Å². The number of hydrogen-bond donors (Lipinski definition) is 1. The number of halogens is 5. The Labute approximate surface area is 123 Å². The Bertz CT molecular complexity index is 489. The van der Waals surface area contributed by atoms with Crippen LogP contribution in [0.4, 0.5) is 17.6 Å². The Kier molecular flexibility index (Phi) is 4.44. The zero-order valence-corrected chi connectivity index (χ0v) is 12.4. The first-order valence-corrected chi connectivity index (χ1v) is 7.28. The Morgan fingerprint density at radius 3 is 2.65 bits per heavy atom. The van der Waals surface area contributed by atoms with Gasteiger partial charge in [-0.3, -0.25) is 0 Å². The minimum atomic E-state index is -4.22. The molecule has 0 radical (unpaired) electrons. The molecule has 1 aliphatic rings. The highest BCUT2D eigenvalue weighted by Gasteiger charge is 2.46. The van der Waals surface area contributed by atoms with Crippen molar-refractivity contribution in [1.82, 2.24) is 0 Å². The number of hydrogen-bond acceptors (Lipinski definition) is 1. The maximum absolute atomic E-state index is 13.8. The molecule has 0 heterocycles. The summed E-state index contributed by atoms with van der Waals surface area (Å²) in [6.45, 7) is 0. The lowest BCUT2D eigenvalue weighted by Crippen LogP contribution is -2.49. The molecule has 6 heteroatoms. The Morgan fingerprint density at radius 2 is 2.05 bits per heavy atom. The second-order valence-electron chi connectivity index (χ2n) is 5.61. The van der Waals surface area contributed by atoms with Gasteiger partial charge in [-0.1, -0.05) is 28.4 Å². The van der Waals surface area contributed by atoms with Gasteiger partial charge < -0.3 is 5.73 Å². The van der Waals surface area contributed by atoms with Crippen LogP contribution in [-0.2, 0) is 6.42 Å². The normalized spacial score (nSPS) is 27.6. The van der Waals surface area contributed by atoms with Gasteiger partial charge in [-0.2, -0.15) is 13.2 Å². The van der Waals surface area contributed by atoms with E-state index in [-0.39, 0.29) is 19.3 Å². The van der Waals surface area contributed by atoms with Crippen LogP contribution in [0.2, 0.25) is 0 Å². The summed E-state index contributed by atoms with van der Waals surface area (Å²) >= 11 is 3.15. The Morgan fingerprint density at radius 1 is 1.35 bits per heavy atom. The maximum atomic E-state index is 13.8. The monoisotopic (exact) mass is 353 g/mol. The van der Waals surface area contributed by atoms with Gasteiger partial charge >= 0.3 is 6.18 Å². The molecular formula is C14H16BrF4N. The lowest BCUT2D eigenvalue weighted by molar-refractivity contribution is -0.187. The van der Waals surface area contributed by atoms with Crippen LogP contribution >= 0.6 is 15.9 Å². The molecule has 1 saturated carbocycles. The summed E-state index contributed by atoms with van der Waals surface area (Å²) in [6.07, 6.45) is -3.17. The molecule has 1 fully saturated rings. The second-order valence-corrected chi connectivity index (χ2v) is 6.53. The smallest absolute Gasteiger partial charge is 0.325 e. The molecular weight excluding hydrogens is 338 g/mol. The molecule has 2 unspecified atom stereocenters. The fourth-order valence-corrected chi connectivity index (χ4v) is 3.21. The number of benzene rings is 1. The molecule has 0 aliphatic heterocycles. The first-order valence-electron chi connectivity index (χ1n) is 6.49. The molecule has 1 nitrogen and oxygen atoms in total. The van der Waals surface area contributed by atoms with Gasteiger partial charge in [0.15, 0.2) is 0 Å². The van der Waals surface area contributed by atoms with Crippen molar-refractivity contribution in [3.8, 4) is 0 Å². The van der Waals surface area contributed by atoms with E-state index in [1.54, 1.807) is 12.1 Å². The molecule has 0 aromatic heterocycles. The molecule has 2 atom stereocenters. The lowest BCUT2D eigenvalue weighted by atomic mass is 9.73. The van der Waals surface area contributed by atoms with Crippen LogP contribution in [0, 0.1) is 11.7 Å². The van der Waals surface area contributed by atoms with Crippen molar-refractivity contribution in [1.29, 1.82) is 0 Å². The third-order valence-corrected chi connectivity index (χ3v) is 4.39. The molecule has 2 rings (SSSR count). The minimum Gasteiger partial charge on any atom is -0.325 e. The van der Waals surface area contributed by atoms with Crippen molar-refractivity contribution in [3.05, 3.63) is 34.1 Å². The van der Waals surface area contributed by atoms with Gasteiger partial charge in [-0.15, -0.1) is 0 Å². The van der Waals surface area contributed by atoms with Crippen molar-refractivity contribution in [2.24, 2.45) is 11.7 Å². The van der Waals surface area contributed by atoms with Crippen molar-refractivity contribution in [3.63, 3.8) is 0 Å². The van der Waals surface area contributed by atoms with Gasteiger partial charge in [-0.25, -0.2) is 4.39 Å². The third kappa shape index (κ3) is 3.73. The van der Waals surface area contributed by atoms with Crippen LogP contribution in [0.1, 0.15) is 31.2 Å². The fourth-order valence-electron chi connectivity index (χ4n) is 2.88. The van der Waals surface area contributed by atoms with E-state index < -0.39 is 23.5 Å². The van der Waals surface area contributed by atoms with Crippen molar-refractivity contribution in [2.45, 2.75) is 43.8 Å². The fraction of sp³-hybridized carbons (Fsp3) is 0.571. The second kappa shape index (κ2) is 5.64. The molecule has 0 amide bonds. The van der Waals surface area contributed by atoms with Gasteiger partial charge in [0, 0.05) is 10.0 Å². The summed E-state index contributed by atoms with van der Waals surface area (Å²) in [5.74, 6) is -1.81. The molecule has 112 valence electrons. The van der Waals surface area contributed by atoms with E-state index in [2.05, 4.69) is 15.9 Å². The minimum absolute atomic E-state index is 0.116. The predicted molar refractivity (Wildman–Crippen MR) is 72.7 cm³/mol. The van der Waals surface area contributed by atoms with E-state index in [1.165, 1.54) is 6.07 Å². The lowest BCUT2D eigenvalue weighted by Gasteiger charge is -2.39. The quantitative estimate of drug-likeness (QED) is 0.773. The van der Waals surface area contributed by atoms with Crippen LogP contribution in [0.25, 0.3) is 0 Å². The summed E-state index contributed by atoms with van der Waals surface area (Å²) in [7, 11) is 0. The SMILES string of the molecule is NC1(Cc2ccc(Br)cc2F)CCCC(C(F)(F)F)C1. The number of nitrogens with two attached hydrogens (primary N) is 1. The molecule has 2 N–H and O–H groups in total. The maximum Gasteiger partial charge on any atom is 0.391 e. The van der Waals surface area contributed by atoms with E-state index >= 15 is 0 Å². The highest BCUT2D eigenvalue weighted by molar-refractivity contribution is 9.10. The standard InChI is InChI=1S/C14H16BrF4N/c15-11-4-3-9(12(16)6-11)7-13(20)5-1-2-10(8-13)14(17,18)19/h3-4,6,10H,1-2,5,7-8,20H2. The highest BCUT2D eigenvalue weighted by Crippen LogP contribution is 2.42. The summed E-state index contributed by atoms with van der Waals surface area (Å²) in [5, 5.41) is 0. The molecule has 20 heavy (non-hydrogen) atoms. The summed E-state index contributed by atoms with van der Waals surface area (Å²) in [4.78, 5) is 0. The number of alkyl halides is 3. The molecule has 0 spiro atoms. The van der Waals surface area contributed by atoms with Crippen molar-refractivity contribution < 1.29 is 17.6 Å². The van der Waals surface area contributed by atoms with E-state index in [4.69, 9.17) is 5.73 Å². The molecule has 1 aliphatic carbocycles. The Balaban J connectivity index is 2.14. The van der Waals surface area contributed by atoms with Crippen molar-refractivity contribution in [2.75, 3.05) is 0 Å². The van der Waals surface area contributed by atoms with Crippen LogP contribution in [0.5, 0.6) is 0 Å². The zero-order chi connectivity index (χ0) is 15.0. The first kappa shape index (κ1) is 15.8. The zero-order valence-electron chi connectivity index (χ0n) is 10.8. The van der Waals surface area contributed by atoms with Crippen molar-refractivity contribution >= 4 is 15.9 Å². The highest BCUT2D eigenvalue weighted by atomic mass is 79.9. The van der Waals surface area contributed by atoms with Crippen LogP contribution < -0.4 is 5.73 Å². The Hall–Kier alpha value is -0.620. The molecule has 0 bridgehead atoms. The molecule has 1 aromatic carbocycles. The molecule has 1 aromatic rings. The van der Waals surface area contributed by atoms with Gasteiger partial charge in [0.25, 0.3) is 0 Å². The average Bonchev–Trinajstić information content (AvgIpc) is 2.32. The summed E-state index contributed by atoms with van der Waals surface area (Å²) in [5.41, 5.74) is 5.50. The van der Waals surface area contributed by atoms with E-state index in [0.717, 1.165) is 0 Å². The van der Waals surface area contributed by atoms with Gasteiger partial charge in [0.2, 0.25) is 0 Å². The first-order chi connectivity index (χ1) is 9.20. The van der Waals surface area contributed by atoms with Gasteiger partial charge in [-0.05, 0) is 43.4 Å². The van der Waals surface area contributed by atoms with E-state index in [9.17, 15) is 17.6 Å². The van der Waals surface area contributed by atoms with Crippen LogP contribution in [0.3, 0.4) is 0 Å². The third-order valence-electron chi connectivity index (χ3n) is 3.90. The number of rotatable bonds is 2. The largest absolute Gasteiger partial charge is 0.391 e. The molecule has 0 saturated heterocycles. The van der Waals surface area contributed by atoms with Crippen LogP contribution in [-0.4, -0.2) is 11.7 Å². The van der Waals surface area contributed by atoms with Crippen LogP contribution in [0.15, 0.2) is 22.7 Å². The summed E-state index contributed by atoms with van der Waals surface area (Å²) < 4.78 is 52.9. The van der Waals surface area contributed by atoms with Gasteiger partial charge in [0.1, 0.15) is 5.82 Å². The summed E-state index contributed by atoms with van der Waals surface area (Å²) in [6, 6.07) is 4.56. The average molecular weight is 354 g/mol. The topological polar surface area (TPSA) is 26.0 Å². The van der Waals surface area contributed by atoms with E-state index in [0.29, 0.717) is 22.9 Å². The predicted octanol–water partition coefficient (Wildman–Crippen LogP) is 4.58. The van der Waals surface area contributed by atoms with E-state index in [1.807, 2.05) is 0 Å².